The standard InChI is InChI=1S/C9H14O2/c10-7-4-8-11-9-5-2-1-3-6-9/h1-2,5,10H,3-4,6-8H2. The molecule has 0 atom stereocenters. The van der Waals surface area contributed by atoms with Crippen LogP contribution in [0.1, 0.15) is 19.3 Å². The molecule has 2 nitrogen and oxygen atoms in total. The van der Waals surface area contributed by atoms with Gasteiger partial charge in [0.2, 0.25) is 0 Å². The van der Waals surface area contributed by atoms with Crippen LogP contribution in [-0.2, 0) is 4.74 Å². The average Bonchev–Trinajstić information content (AvgIpc) is 2.07. The molecular formula is C9H14O2. The first-order chi connectivity index (χ1) is 5.43. The maximum absolute atomic E-state index is 8.48. The van der Waals surface area contributed by atoms with Gasteiger partial charge in [0.25, 0.3) is 0 Å². The van der Waals surface area contributed by atoms with E-state index in [4.69, 9.17) is 9.84 Å². The molecule has 0 saturated heterocycles. The van der Waals surface area contributed by atoms with E-state index in [-0.39, 0.29) is 6.61 Å². The van der Waals surface area contributed by atoms with Gasteiger partial charge in [-0.3, -0.25) is 0 Å². The fourth-order valence-electron chi connectivity index (χ4n) is 0.969. The quantitative estimate of drug-likeness (QED) is 0.623. The first-order valence-electron chi connectivity index (χ1n) is 4.03. The second-order valence-electron chi connectivity index (χ2n) is 2.53. The number of aliphatic hydroxyl groups excluding tert-OH is 1. The van der Waals surface area contributed by atoms with E-state index in [0.29, 0.717) is 6.61 Å². The van der Waals surface area contributed by atoms with Crippen LogP contribution in [-0.4, -0.2) is 18.3 Å². The average molecular weight is 154 g/mol. The first kappa shape index (κ1) is 8.34. The molecule has 0 bridgehead atoms. The van der Waals surface area contributed by atoms with Crippen LogP contribution < -0.4 is 0 Å². The zero-order valence-electron chi connectivity index (χ0n) is 6.62. The highest BCUT2D eigenvalue weighted by Gasteiger charge is 1.98. The Kier molecular flexibility index (Phi) is 3.76. The lowest BCUT2D eigenvalue weighted by Crippen LogP contribution is -1.98. The molecule has 1 rings (SSSR count). The van der Waals surface area contributed by atoms with Crippen LogP contribution in [0.25, 0.3) is 0 Å². The molecule has 1 aliphatic carbocycles. The summed E-state index contributed by atoms with van der Waals surface area (Å²) in [5.41, 5.74) is 0. The van der Waals surface area contributed by atoms with Crippen molar-refractivity contribution in [3.63, 3.8) is 0 Å². The number of allylic oxidation sites excluding steroid dienone is 4. The zero-order chi connectivity index (χ0) is 7.94. The molecule has 0 aromatic carbocycles. The highest BCUT2D eigenvalue weighted by atomic mass is 16.5. The minimum Gasteiger partial charge on any atom is -0.498 e. The van der Waals surface area contributed by atoms with E-state index >= 15 is 0 Å². The molecule has 0 fully saturated rings. The van der Waals surface area contributed by atoms with Crippen LogP contribution in [0, 0.1) is 0 Å². The Morgan fingerprint density at radius 3 is 3.09 bits per heavy atom. The summed E-state index contributed by atoms with van der Waals surface area (Å²) in [4.78, 5) is 0. The minimum atomic E-state index is 0.211. The first-order valence-corrected chi connectivity index (χ1v) is 4.03. The van der Waals surface area contributed by atoms with Gasteiger partial charge in [0, 0.05) is 19.4 Å². The largest absolute Gasteiger partial charge is 0.498 e. The summed E-state index contributed by atoms with van der Waals surface area (Å²) >= 11 is 0. The van der Waals surface area contributed by atoms with E-state index in [1.807, 2.05) is 12.2 Å². The lowest BCUT2D eigenvalue weighted by Gasteiger charge is -2.10. The van der Waals surface area contributed by atoms with Crippen LogP contribution >= 0.6 is 0 Å². The lowest BCUT2D eigenvalue weighted by molar-refractivity contribution is 0.169. The highest BCUT2D eigenvalue weighted by molar-refractivity contribution is 5.12. The Balaban J connectivity index is 2.15. The number of ether oxygens (including phenoxy) is 1. The van der Waals surface area contributed by atoms with Crippen LogP contribution in [0.5, 0.6) is 0 Å². The van der Waals surface area contributed by atoms with E-state index in [0.717, 1.165) is 25.0 Å². The van der Waals surface area contributed by atoms with E-state index in [1.165, 1.54) is 0 Å². The van der Waals surface area contributed by atoms with E-state index < -0.39 is 0 Å². The molecular weight excluding hydrogens is 140 g/mol. The van der Waals surface area contributed by atoms with Crippen molar-refractivity contribution in [3.8, 4) is 0 Å². The van der Waals surface area contributed by atoms with Crippen LogP contribution in [0.3, 0.4) is 0 Å². The van der Waals surface area contributed by atoms with Crippen molar-refractivity contribution in [2.45, 2.75) is 19.3 Å². The van der Waals surface area contributed by atoms with E-state index in [9.17, 15) is 0 Å². The minimum absolute atomic E-state index is 0.211. The summed E-state index contributed by atoms with van der Waals surface area (Å²) < 4.78 is 5.37. The molecule has 0 aliphatic heterocycles. The molecule has 0 spiro atoms. The van der Waals surface area contributed by atoms with Crippen molar-refractivity contribution in [1.82, 2.24) is 0 Å². The van der Waals surface area contributed by atoms with Crippen molar-refractivity contribution in [2.75, 3.05) is 13.2 Å². The molecule has 0 saturated carbocycles. The van der Waals surface area contributed by atoms with Gasteiger partial charge in [0.1, 0.15) is 0 Å². The normalized spacial score (nSPS) is 16.3. The molecule has 0 amide bonds. The highest BCUT2D eigenvalue weighted by Crippen LogP contribution is 2.12. The Bertz CT molecular complexity index is 159. The van der Waals surface area contributed by atoms with Crippen molar-refractivity contribution >= 4 is 0 Å². The lowest BCUT2D eigenvalue weighted by atomic mass is 10.2. The van der Waals surface area contributed by atoms with Gasteiger partial charge in [-0.1, -0.05) is 12.2 Å². The molecule has 62 valence electrons. The van der Waals surface area contributed by atoms with Crippen molar-refractivity contribution in [1.29, 1.82) is 0 Å². The summed E-state index contributed by atoms with van der Waals surface area (Å²) in [6.07, 6.45) is 8.92. The predicted octanol–water partition coefficient (Wildman–Crippen LogP) is 1.62. The maximum atomic E-state index is 8.48. The molecule has 11 heavy (non-hydrogen) atoms. The Morgan fingerprint density at radius 1 is 1.55 bits per heavy atom. The molecule has 0 aromatic rings. The second kappa shape index (κ2) is 4.97. The summed E-state index contributed by atoms with van der Waals surface area (Å²) in [6, 6.07) is 0. The topological polar surface area (TPSA) is 29.5 Å². The fraction of sp³-hybridized carbons (Fsp3) is 0.556. The number of aliphatic hydroxyl groups is 1. The number of hydrogen-bond donors (Lipinski definition) is 1. The molecule has 0 aromatic heterocycles. The smallest absolute Gasteiger partial charge is 0.0962 e. The number of rotatable bonds is 4. The van der Waals surface area contributed by atoms with Gasteiger partial charge in [-0.15, -0.1) is 0 Å². The van der Waals surface area contributed by atoms with Gasteiger partial charge in [-0.25, -0.2) is 0 Å². The maximum Gasteiger partial charge on any atom is 0.0962 e. The number of hydrogen-bond acceptors (Lipinski definition) is 2. The molecule has 2 heteroatoms. The van der Waals surface area contributed by atoms with Crippen LogP contribution in [0.4, 0.5) is 0 Å². The Labute approximate surface area is 67.2 Å². The van der Waals surface area contributed by atoms with Gasteiger partial charge in [-0.05, 0) is 12.5 Å². The summed E-state index contributed by atoms with van der Waals surface area (Å²) in [6.45, 7) is 0.847. The molecule has 0 unspecified atom stereocenters. The van der Waals surface area contributed by atoms with Crippen molar-refractivity contribution in [3.05, 3.63) is 24.0 Å². The predicted molar refractivity (Wildman–Crippen MR) is 44.1 cm³/mol. The third kappa shape index (κ3) is 3.23. The summed E-state index contributed by atoms with van der Waals surface area (Å²) in [5.74, 6) is 1.04. The van der Waals surface area contributed by atoms with E-state index in [2.05, 4.69) is 6.08 Å². The molecule has 1 aliphatic rings. The fourth-order valence-corrected chi connectivity index (χ4v) is 0.969. The zero-order valence-corrected chi connectivity index (χ0v) is 6.62. The monoisotopic (exact) mass is 154 g/mol. The summed E-state index contributed by atoms with van der Waals surface area (Å²) in [5, 5.41) is 8.48. The Morgan fingerprint density at radius 2 is 2.45 bits per heavy atom. The third-order valence-corrected chi connectivity index (χ3v) is 1.57. The van der Waals surface area contributed by atoms with Crippen LogP contribution in [0.15, 0.2) is 24.0 Å². The van der Waals surface area contributed by atoms with Gasteiger partial charge in [0.05, 0.1) is 12.4 Å². The summed E-state index contributed by atoms with van der Waals surface area (Å²) in [7, 11) is 0. The third-order valence-electron chi connectivity index (χ3n) is 1.57. The molecule has 0 radical (unpaired) electrons. The van der Waals surface area contributed by atoms with Gasteiger partial charge < -0.3 is 9.84 Å². The van der Waals surface area contributed by atoms with Crippen molar-refractivity contribution < 1.29 is 9.84 Å². The second-order valence-corrected chi connectivity index (χ2v) is 2.53. The molecule has 1 N–H and O–H groups in total. The van der Waals surface area contributed by atoms with Crippen molar-refractivity contribution in [2.24, 2.45) is 0 Å². The van der Waals surface area contributed by atoms with Crippen LogP contribution in [0.2, 0.25) is 0 Å². The van der Waals surface area contributed by atoms with E-state index in [1.54, 1.807) is 0 Å². The van der Waals surface area contributed by atoms with Gasteiger partial charge in [0.15, 0.2) is 0 Å². The Hall–Kier alpha value is -0.760. The van der Waals surface area contributed by atoms with Gasteiger partial charge >= 0.3 is 0 Å². The molecule has 0 heterocycles. The SMILES string of the molecule is OCCCOC1=CC=CCC1. The van der Waals surface area contributed by atoms with Gasteiger partial charge in [-0.2, -0.15) is 0 Å².